The van der Waals surface area contributed by atoms with E-state index in [-0.39, 0.29) is 11.8 Å². The van der Waals surface area contributed by atoms with E-state index in [2.05, 4.69) is 10.2 Å². The van der Waals surface area contributed by atoms with Crippen molar-refractivity contribution >= 4 is 11.9 Å². The van der Waals surface area contributed by atoms with E-state index in [1.54, 1.807) is 0 Å². The summed E-state index contributed by atoms with van der Waals surface area (Å²) in [6, 6.07) is -0.726. The van der Waals surface area contributed by atoms with Crippen LogP contribution < -0.4 is 5.32 Å². The summed E-state index contributed by atoms with van der Waals surface area (Å²) in [7, 11) is 2.02. The van der Waals surface area contributed by atoms with Gasteiger partial charge in [0.05, 0.1) is 0 Å². The summed E-state index contributed by atoms with van der Waals surface area (Å²) < 4.78 is 0. The number of nitrogens with one attached hydrogen (secondary N) is 1. The van der Waals surface area contributed by atoms with Crippen molar-refractivity contribution < 1.29 is 14.7 Å². The largest absolute Gasteiger partial charge is 0.480 e. The molecule has 5 nitrogen and oxygen atoms in total. The molecule has 1 rings (SSSR count). The second-order valence-corrected chi connectivity index (χ2v) is 4.16. The van der Waals surface area contributed by atoms with E-state index in [0.717, 1.165) is 25.9 Å². The fraction of sp³-hybridized carbons (Fsp3) is 0.800. The van der Waals surface area contributed by atoms with Crippen LogP contribution in [0.3, 0.4) is 0 Å². The van der Waals surface area contributed by atoms with Crippen molar-refractivity contribution in [2.45, 2.75) is 25.8 Å². The molecule has 1 aliphatic heterocycles. The zero-order chi connectivity index (χ0) is 11.4. The maximum absolute atomic E-state index is 11.0. The fourth-order valence-corrected chi connectivity index (χ4v) is 1.96. The van der Waals surface area contributed by atoms with E-state index < -0.39 is 12.0 Å². The third kappa shape index (κ3) is 3.51. The van der Waals surface area contributed by atoms with Crippen LogP contribution in [0.1, 0.15) is 19.8 Å². The quantitative estimate of drug-likeness (QED) is 0.689. The molecule has 1 atom stereocenters. The smallest absolute Gasteiger partial charge is 0.326 e. The molecule has 5 heteroatoms. The molecule has 1 aliphatic rings. The van der Waals surface area contributed by atoms with Crippen molar-refractivity contribution in [2.24, 2.45) is 5.92 Å². The number of amides is 1. The first kappa shape index (κ1) is 12.0. The van der Waals surface area contributed by atoms with E-state index in [4.69, 9.17) is 5.11 Å². The van der Waals surface area contributed by atoms with Crippen molar-refractivity contribution in [3.63, 3.8) is 0 Å². The second-order valence-electron chi connectivity index (χ2n) is 4.16. The van der Waals surface area contributed by atoms with Gasteiger partial charge in [0.2, 0.25) is 5.91 Å². The van der Waals surface area contributed by atoms with Crippen LogP contribution in [0.2, 0.25) is 0 Å². The molecule has 0 bridgehead atoms. The van der Waals surface area contributed by atoms with Gasteiger partial charge in [-0.3, -0.25) is 4.79 Å². The molecule has 1 heterocycles. The van der Waals surface area contributed by atoms with Gasteiger partial charge in [-0.15, -0.1) is 0 Å². The van der Waals surface area contributed by atoms with E-state index in [1.165, 1.54) is 6.92 Å². The Hall–Kier alpha value is -1.10. The molecule has 2 N–H and O–H groups in total. The molecule has 0 saturated carbocycles. The number of carboxylic acid groups (broad SMARTS) is 1. The number of rotatable bonds is 3. The van der Waals surface area contributed by atoms with Gasteiger partial charge in [0, 0.05) is 6.92 Å². The Morgan fingerprint density at radius 1 is 1.40 bits per heavy atom. The molecule has 1 fully saturated rings. The minimum Gasteiger partial charge on any atom is -0.480 e. The van der Waals surface area contributed by atoms with Crippen molar-refractivity contribution in [1.29, 1.82) is 0 Å². The first-order valence-corrected chi connectivity index (χ1v) is 5.19. The first-order valence-electron chi connectivity index (χ1n) is 5.19. The summed E-state index contributed by atoms with van der Waals surface area (Å²) in [6.07, 6.45) is 1.65. The monoisotopic (exact) mass is 214 g/mol. The number of aliphatic carboxylic acids is 1. The average molecular weight is 214 g/mol. The third-order valence-electron chi connectivity index (χ3n) is 2.86. The van der Waals surface area contributed by atoms with Gasteiger partial charge in [-0.1, -0.05) is 0 Å². The normalized spacial score (nSPS) is 20.9. The molecule has 0 aromatic carbocycles. The number of nitrogens with zero attached hydrogens (tertiary/aromatic N) is 1. The lowest BCUT2D eigenvalue weighted by Gasteiger charge is -2.32. The van der Waals surface area contributed by atoms with Gasteiger partial charge in [-0.25, -0.2) is 4.79 Å². The predicted octanol–water partition coefficient (Wildman–Crippen LogP) is -0.0825. The molecule has 0 aromatic rings. The van der Waals surface area contributed by atoms with Crippen LogP contribution in [0.15, 0.2) is 0 Å². The molecule has 0 aliphatic carbocycles. The molecule has 1 saturated heterocycles. The minimum absolute atomic E-state index is 0.0580. The summed E-state index contributed by atoms with van der Waals surface area (Å²) in [6.45, 7) is 3.15. The number of hydrogen-bond acceptors (Lipinski definition) is 3. The fourth-order valence-electron chi connectivity index (χ4n) is 1.96. The Morgan fingerprint density at radius 3 is 2.33 bits per heavy atom. The molecule has 15 heavy (non-hydrogen) atoms. The van der Waals surface area contributed by atoms with E-state index in [9.17, 15) is 9.59 Å². The molecular formula is C10H18N2O3. The van der Waals surface area contributed by atoms with Crippen LogP contribution >= 0.6 is 0 Å². The molecule has 0 radical (unpaired) electrons. The summed E-state index contributed by atoms with van der Waals surface area (Å²) in [4.78, 5) is 24.0. The van der Waals surface area contributed by atoms with Crippen molar-refractivity contribution in [3.05, 3.63) is 0 Å². The van der Waals surface area contributed by atoms with Gasteiger partial charge in [0.1, 0.15) is 6.04 Å². The highest BCUT2D eigenvalue weighted by Gasteiger charge is 2.30. The van der Waals surface area contributed by atoms with Crippen LogP contribution in [-0.2, 0) is 9.59 Å². The van der Waals surface area contributed by atoms with Crippen molar-refractivity contribution in [3.8, 4) is 0 Å². The third-order valence-corrected chi connectivity index (χ3v) is 2.86. The Balaban J connectivity index is 2.56. The molecular weight excluding hydrogens is 196 g/mol. The van der Waals surface area contributed by atoms with Gasteiger partial charge >= 0.3 is 5.97 Å². The Bertz CT molecular complexity index is 247. The molecule has 0 aromatic heterocycles. The highest BCUT2D eigenvalue weighted by Crippen LogP contribution is 2.20. The Labute approximate surface area is 89.4 Å². The van der Waals surface area contributed by atoms with Crippen LogP contribution in [-0.4, -0.2) is 48.1 Å². The van der Waals surface area contributed by atoms with Crippen LogP contribution in [0, 0.1) is 5.92 Å². The number of hydrogen-bond donors (Lipinski definition) is 2. The number of carboxylic acids is 1. The second kappa shape index (κ2) is 5.11. The first-order chi connectivity index (χ1) is 7.00. The number of carbonyl (C=O) groups is 2. The summed E-state index contributed by atoms with van der Waals surface area (Å²) in [5, 5.41) is 11.5. The van der Waals surface area contributed by atoms with Crippen LogP contribution in [0.4, 0.5) is 0 Å². The van der Waals surface area contributed by atoms with Crippen molar-refractivity contribution in [1.82, 2.24) is 10.2 Å². The zero-order valence-electron chi connectivity index (χ0n) is 9.19. The highest BCUT2D eigenvalue weighted by molar-refractivity contribution is 5.82. The van der Waals surface area contributed by atoms with Gasteiger partial charge < -0.3 is 15.3 Å². The predicted molar refractivity (Wildman–Crippen MR) is 55.5 cm³/mol. The van der Waals surface area contributed by atoms with Crippen molar-refractivity contribution in [2.75, 3.05) is 20.1 Å². The van der Waals surface area contributed by atoms with Gasteiger partial charge in [-0.05, 0) is 38.9 Å². The maximum atomic E-state index is 11.0. The van der Waals surface area contributed by atoms with E-state index >= 15 is 0 Å². The highest BCUT2D eigenvalue weighted by atomic mass is 16.4. The average Bonchev–Trinajstić information content (AvgIpc) is 2.15. The van der Waals surface area contributed by atoms with Crippen LogP contribution in [0.25, 0.3) is 0 Å². The zero-order valence-corrected chi connectivity index (χ0v) is 9.19. The summed E-state index contributed by atoms with van der Waals surface area (Å²) >= 11 is 0. The van der Waals surface area contributed by atoms with Crippen LogP contribution in [0.5, 0.6) is 0 Å². The minimum atomic E-state index is -0.931. The summed E-state index contributed by atoms with van der Waals surface area (Å²) in [5.74, 6) is -1.15. The van der Waals surface area contributed by atoms with E-state index in [0.29, 0.717) is 0 Å². The molecule has 0 spiro atoms. The topological polar surface area (TPSA) is 69.6 Å². The lowest BCUT2D eigenvalue weighted by atomic mass is 9.89. The lowest BCUT2D eigenvalue weighted by molar-refractivity contribution is -0.143. The molecule has 86 valence electrons. The van der Waals surface area contributed by atoms with Gasteiger partial charge in [-0.2, -0.15) is 0 Å². The number of piperidine rings is 1. The maximum Gasteiger partial charge on any atom is 0.326 e. The SMILES string of the molecule is CC(=O)NC(C(=O)O)C1CCN(C)CC1. The lowest BCUT2D eigenvalue weighted by Crippen LogP contribution is -2.48. The Kier molecular flexibility index (Phi) is 4.08. The standard InChI is InChI=1S/C10H18N2O3/c1-7(13)11-9(10(14)15)8-3-5-12(2)6-4-8/h8-9H,3-6H2,1-2H3,(H,11,13)(H,14,15). The summed E-state index contributed by atoms with van der Waals surface area (Å²) in [5.41, 5.74) is 0. The molecule has 1 unspecified atom stereocenters. The van der Waals surface area contributed by atoms with Gasteiger partial charge in [0.25, 0.3) is 0 Å². The number of carbonyl (C=O) groups excluding carboxylic acids is 1. The molecule has 1 amide bonds. The Morgan fingerprint density at radius 2 is 1.93 bits per heavy atom. The number of likely N-dealkylation sites (tertiary alicyclic amines) is 1. The van der Waals surface area contributed by atoms with E-state index in [1.807, 2.05) is 7.05 Å². The van der Waals surface area contributed by atoms with Gasteiger partial charge in [0.15, 0.2) is 0 Å².